The van der Waals surface area contributed by atoms with Crippen LogP contribution in [0, 0.1) is 0 Å². The Hall–Kier alpha value is -2.35. The number of ether oxygens (including phenoxy) is 4. The highest BCUT2D eigenvalue weighted by molar-refractivity contribution is 6.76. The van der Waals surface area contributed by atoms with Crippen LogP contribution >= 0.6 is 0 Å². The second-order valence-corrected chi connectivity index (χ2v) is 18.2. The second kappa shape index (κ2) is 10.8. The van der Waals surface area contributed by atoms with Gasteiger partial charge in [-0.3, -0.25) is 0 Å². The summed E-state index contributed by atoms with van der Waals surface area (Å²) >= 11 is 0. The summed E-state index contributed by atoms with van der Waals surface area (Å²) < 4.78 is 27.2. The predicted octanol–water partition coefficient (Wildman–Crippen LogP) is 3.66. The SMILES string of the molecule is C[C@@H]1COCCN1c1cc(C2(O)CCC3(CC2)OCCO3)c2cnn(-c3ccnn3COCC[Si](C)(C)C)c2n1. The Kier molecular flexibility index (Phi) is 7.51. The minimum Gasteiger partial charge on any atom is -0.385 e. The van der Waals surface area contributed by atoms with Gasteiger partial charge in [0.15, 0.2) is 17.3 Å². The quantitative estimate of drug-likeness (QED) is 0.321. The van der Waals surface area contributed by atoms with Crippen molar-refractivity contribution in [1.29, 1.82) is 0 Å². The summed E-state index contributed by atoms with van der Waals surface area (Å²) in [6, 6.07) is 5.24. The van der Waals surface area contributed by atoms with Crippen LogP contribution in [0.1, 0.15) is 38.2 Å². The summed E-state index contributed by atoms with van der Waals surface area (Å²) in [6.07, 6.45) is 5.95. The third-order valence-electron chi connectivity index (χ3n) is 8.46. The second-order valence-electron chi connectivity index (χ2n) is 12.6. The molecular weight excluding hydrogens is 528 g/mol. The van der Waals surface area contributed by atoms with Crippen LogP contribution in [0.25, 0.3) is 16.9 Å². The van der Waals surface area contributed by atoms with Crippen molar-refractivity contribution < 1.29 is 24.1 Å². The molecule has 1 spiro atoms. The lowest BCUT2D eigenvalue weighted by molar-refractivity contribution is -0.204. The molecule has 0 amide bonds. The van der Waals surface area contributed by atoms with Crippen molar-refractivity contribution in [3.05, 3.63) is 30.1 Å². The Morgan fingerprint density at radius 3 is 2.60 bits per heavy atom. The Morgan fingerprint density at radius 1 is 1.10 bits per heavy atom. The standard InChI is InChI=1S/C28H42N6O5Si/c1-21-19-36-12-11-32(21)24-17-23(27(35)6-8-28(9-7-27)38-13-14-39-28)22-18-30-34(26(22)31-24)25-5-10-29-33(25)20-37-15-16-40(2,3)4/h5,10,17-18,21,35H,6-9,11-16,19-20H2,1-4H3/t21-/m1/s1. The zero-order chi connectivity index (χ0) is 28.0. The lowest BCUT2D eigenvalue weighted by Crippen LogP contribution is -2.45. The van der Waals surface area contributed by atoms with Crippen molar-refractivity contribution in [2.75, 3.05) is 44.5 Å². The van der Waals surface area contributed by atoms with Crippen LogP contribution in [0.3, 0.4) is 0 Å². The lowest BCUT2D eigenvalue weighted by Gasteiger charge is -2.41. The van der Waals surface area contributed by atoms with Crippen molar-refractivity contribution in [2.24, 2.45) is 0 Å². The number of hydrogen-bond donors (Lipinski definition) is 1. The molecular formula is C28H42N6O5Si. The van der Waals surface area contributed by atoms with Gasteiger partial charge in [-0.15, -0.1) is 0 Å². The van der Waals surface area contributed by atoms with Crippen molar-refractivity contribution in [3.63, 3.8) is 0 Å². The normalized spacial score (nSPS) is 22.9. The van der Waals surface area contributed by atoms with Gasteiger partial charge >= 0.3 is 0 Å². The summed E-state index contributed by atoms with van der Waals surface area (Å²) in [7, 11) is -1.19. The van der Waals surface area contributed by atoms with Crippen molar-refractivity contribution in [1.82, 2.24) is 24.5 Å². The molecule has 218 valence electrons. The van der Waals surface area contributed by atoms with E-state index < -0.39 is 19.5 Å². The Labute approximate surface area is 236 Å². The average molecular weight is 571 g/mol. The smallest absolute Gasteiger partial charge is 0.168 e. The van der Waals surface area contributed by atoms with E-state index in [1.807, 2.05) is 21.6 Å². The molecule has 6 rings (SSSR count). The molecule has 0 radical (unpaired) electrons. The van der Waals surface area contributed by atoms with Gasteiger partial charge in [0, 0.05) is 45.5 Å². The minimum absolute atomic E-state index is 0.165. The molecule has 1 saturated carbocycles. The maximum Gasteiger partial charge on any atom is 0.168 e. The average Bonchev–Trinajstić information content (AvgIpc) is 3.68. The number of nitrogens with zero attached hydrogens (tertiary/aromatic N) is 6. The molecule has 1 N–H and O–H groups in total. The first-order valence-electron chi connectivity index (χ1n) is 14.5. The molecule has 12 heteroatoms. The molecule has 3 aliphatic rings. The van der Waals surface area contributed by atoms with Crippen LogP contribution in [-0.4, -0.2) is 89.1 Å². The first-order valence-corrected chi connectivity index (χ1v) is 18.2. The van der Waals surface area contributed by atoms with Crippen molar-refractivity contribution in [3.8, 4) is 5.82 Å². The first-order chi connectivity index (χ1) is 19.2. The summed E-state index contributed by atoms with van der Waals surface area (Å²) in [5, 5.41) is 22.2. The molecule has 11 nitrogen and oxygen atoms in total. The van der Waals surface area contributed by atoms with Crippen LogP contribution < -0.4 is 4.90 Å². The Balaban J connectivity index is 1.36. The number of aromatic nitrogens is 5. The number of hydrogen-bond acceptors (Lipinski definition) is 9. The van der Waals surface area contributed by atoms with E-state index in [1.165, 1.54) is 0 Å². The van der Waals surface area contributed by atoms with Crippen LogP contribution in [-0.2, 0) is 31.3 Å². The fourth-order valence-electron chi connectivity index (χ4n) is 5.99. The van der Waals surface area contributed by atoms with Gasteiger partial charge in [-0.05, 0) is 37.4 Å². The van der Waals surface area contributed by atoms with Crippen molar-refractivity contribution in [2.45, 2.75) is 82.5 Å². The topological polar surface area (TPSA) is 109 Å². The fraction of sp³-hybridized carbons (Fsp3) is 0.679. The monoisotopic (exact) mass is 570 g/mol. The van der Waals surface area contributed by atoms with E-state index in [1.54, 1.807) is 6.20 Å². The molecule has 3 fully saturated rings. The van der Waals surface area contributed by atoms with E-state index in [0.717, 1.165) is 35.2 Å². The van der Waals surface area contributed by atoms with Gasteiger partial charge < -0.3 is 29.0 Å². The lowest BCUT2D eigenvalue weighted by atomic mass is 9.76. The van der Waals surface area contributed by atoms with E-state index >= 15 is 0 Å². The van der Waals surface area contributed by atoms with E-state index in [9.17, 15) is 5.11 Å². The van der Waals surface area contributed by atoms with Gasteiger partial charge in [-0.2, -0.15) is 14.9 Å². The first kappa shape index (κ1) is 27.8. The zero-order valence-corrected chi connectivity index (χ0v) is 25.1. The summed E-state index contributed by atoms with van der Waals surface area (Å²) in [6.45, 7) is 13.5. The van der Waals surface area contributed by atoms with Crippen LogP contribution in [0.15, 0.2) is 24.5 Å². The molecule has 0 aromatic carbocycles. The molecule has 40 heavy (non-hydrogen) atoms. The van der Waals surface area contributed by atoms with Gasteiger partial charge in [-0.25, -0.2) is 9.67 Å². The van der Waals surface area contributed by atoms with Gasteiger partial charge in [0.1, 0.15) is 12.5 Å². The number of aliphatic hydroxyl groups is 1. The van der Waals surface area contributed by atoms with Gasteiger partial charge in [0.05, 0.1) is 50.5 Å². The number of rotatable bonds is 8. The third-order valence-corrected chi connectivity index (χ3v) is 10.2. The molecule has 2 aliphatic heterocycles. The third kappa shape index (κ3) is 5.45. The van der Waals surface area contributed by atoms with Gasteiger partial charge in [0.25, 0.3) is 0 Å². The fourth-order valence-corrected chi connectivity index (χ4v) is 6.75. The zero-order valence-electron chi connectivity index (χ0n) is 24.1. The highest BCUT2D eigenvalue weighted by atomic mass is 28.3. The predicted molar refractivity (Wildman–Crippen MR) is 153 cm³/mol. The molecule has 3 aromatic heterocycles. The van der Waals surface area contributed by atoms with Gasteiger partial charge in [0.2, 0.25) is 0 Å². The van der Waals surface area contributed by atoms with E-state index in [2.05, 4.69) is 42.6 Å². The number of anilines is 1. The van der Waals surface area contributed by atoms with E-state index in [0.29, 0.717) is 71.1 Å². The number of fused-ring (bicyclic) bond motifs is 1. The van der Waals surface area contributed by atoms with Crippen molar-refractivity contribution >= 4 is 24.9 Å². The molecule has 5 heterocycles. The molecule has 0 unspecified atom stereocenters. The van der Waals surface area contributed by atoms with Crippen LogP contribution in [0.5, 0.6) is 0 Å². The molecule has 0 bridgehead atoms. The maximum atomic E-state index is 12.1. The molecule has 2 saturated heterocycles. The summed E-state index contributed by atoms with van der Waals surface area (Å²) in [4.78, 5) is 7.39. The Bertz CT molecular complexity index is 1320. The maximum absolute atomic E-state index is 12.1. The summed E-state index contributed by atoms with van der Waals surface area (Å²) in [5.41, 5.74) is 0.500. The molecule has 1 atom stereocenters. The minimum atomic E-state index is -1.19. The molecule has 3 aromatic rings. The van der Waals surface area contributed by atoms with Crippen LogP contribution in [0.4, 0.5) is 5.82 Å². The Morgan fingerprint density at radius 2 is 1.88 bits per heavy atom. The number of morpholine rings is 1. The van der Waals surface area contributed by atoms with E-state index in [-0.39, 0.29) is 6.04 Å². The number of pyridine rings is 1. The van der Waals surface area contributed by atoms with Crippen LogP contribution in [0.2, 0.25) is 25.7 Å². The highest BCUT2D eigenvalue weighted by Gasteiger charge is 2.47. The largest absolute Gasteiger partial charge is 0.385 e. The summed E-state index contributed by atoms with van der Waals surface area (Å²) in [5.74, 6) is 1.03. The van der Waals surface area contributed by atoms with Gasteiger partial charge in [-0.1, -0.05) is 19.6 Å². The highest BCUT2D eigenvalue weighted by Crippen LogP contribution is 2.47. The molecule has 1 aliphatic carbocycles. The van der Waals surface area contributed by atoms with E-state index in [4.69, 9.17) is 29.0 Å².